The van der Waals surface area contributed by atoms with Gasteiger partial charge in [0.1, 0.15) is 12.2 Å². The fourth-order valence-corrected chi connectivity index (χ4v) is 0.134. The lowest BCUT2D eigenvalue weighted by Crippen LogP contribution is -1.81. The first-order chi connectivity index (χ1) is 3.31. The summed E-state index contributed by atoms with van der Waals surface area (Å²) in [5, 5.41) is 6.44. The second-order valence-corrected chi connectivity index (χ2v) is 0.964. The Morgan fingerprint density at radius 1 is 1.86 bits per heavy atom. The van der Waals surface area contributed by atoms with Crippen molar-refractivity contribution in [1.82, 2.24) is 0 Å². The molecule has 3 heteroatoms. The molecule has 0 bridgehead atoms. The molecule has 0 aliphatic heterocycles. The van der Waals surface area contributed by atoms with Crippen molar-refractivity contribution in [2.24, 2.45) is 9.98 Å². The minimum atomic E-state index is 0.523. The second kappa shape index (κ2) is 3.21. The third-order valence-electron chi connectivity index (χ3n) is 0.480. The van der Waals surface area contributed by atoms with Gasteiger partial charge in [-0.3, -0.25) is 5.41 Å². The van der Waals surface area contributed by atoms with Crippen molar-refractivity contribution in [3.05, 3.63) is 0 Å². The van der Waals surface area contributed by atoms with E-state index in [4.69, 9.17) is 5.41 Å². The molecule has 0 aromatic carbocycles. The molecule has 0 radical (unpaired) electrons. The predicted molar refractivity (Wildman–Crippen MR) is 31.4 cm³/mol. The normalized spacial score (nSPS) is 10.7. The van der Waals surface area contributed by atoms with E-state index in [9.17, 15) is 0 Å². The number of aliphatic imine (C=N–C) groups is 2. The Morgan fingerprint density at radius 2 is 2.43 bits per heavy atom. The molecule has 0 spiro atoms. The summed E-state index contributed by atoms with van der Waals surface area (Å²) >= 11 is 0. The molecule has 0 amide bonds. The third-order valence-corrected chi connectivity index (χ3v) is 0.480. The van der Waals surface area contributed by atoms with Crippen LogP contribution in [0.3, 0.4) is 0 Å². The van der Waals surface area contributed by atoms with Gasteiger partial charge >= 0.3 is 0 Å². The molecule has 0 aromatic rings. The second-order valence-electron chi connectivity index (χ2n) is 0.964. The van der Waals surface area contributed by atoms with E-state index in [0.29, 0.717) is 5.84 Å². The molecule has 0 atom stereocenters. The Kier molecular flexibility index (Phi) is 2.76. The maximum atomic E-state index is 6.44. The summed E-state index contributed by atoms with van der Waals surface area (Å²) in [5.74, 6) is 0.523. The maximum Gasteiger partial charge on any atom is 0.126 e. The molecule has 0 aliphatic carbocycles. The molecule has 0 unspecified atom stereocenters. The summed E-state index contributed by atoms with van der Waals surface area (Å²) < 4.78 is 0. The van der Waals surface area contributed by atoms with Crippen LogP contribution in [0.15, 0.2) is 9.98 Å². The highest BCUT2D eigenvalue weighted by Gasteiger charge is 1.72. The molecule has 38 valence electrons. The van der Waals surface area contributed by atoms with Gasteiger partial charge in [-0.15, -0.1) is 0 Å². The predicted octanol–water partition coefficient (Wildman–Crippen LogP) is 0.712. The molecule has 0 heterocycles. The van der Waals surface area contributed by atoms with Gasteiger partial charge in [-0.2, -0.15) is 0 Å². The Balaban J connectivity index is 3.72. The summed E-state index contributed by atoms with van der Waals surface area (Å²) in [6.45, 7) is 4.87. The zero-order valence-electron chi connectivity index (χ0n) is 4.18. The summed E-state index contributed by atoms with van der Waals surface area (Å²) in [5.41, 5.74) is 0. The zero-order valence-corrected chi connectivity index (χ0v) is 4.18. The van der Waals surface area contributed by atoms with Crippen LogP contribution in [0.25, 0.3) is 0 Å². The molecular weight excluding hydrogens is 90.1 g/mol. The molecule has 0 saturated heterocycles. The summed E-state index contributed by atoms with van der Waals surface area (Å²) in [6.07, 6.45) is 0.935. The van der Waals surface area contributed by atoms with Crippen molar-refractivity contribution >= 4 is 18.9 Å². The van der Waals surface area contributed by atoms with E-state index in [-0.39, 0.29) is 0 Å². The first-order valence-electron chi connectivity index (χ1n) is 1.81. The van der Waals surface area contributed by atoms with Crippen LogP contribution in [0.4, 0.5) is 0 Å². The average Bonchev–Trinajstić information content (AvgIpc) is 1.68. The smallest absolute Gasteiger partial charge is 0.126 e. The van der Waals surface area contributed by atoms with Gasteiger partial charge in [-0.25, -0.2) is 9.98 Å². The summed E-state index contributed by atoms with van der Waals surface area (Å²) in [4.78, 5) is 6.90. The highest BCUT2D eigenvalue weighted by Crippen LogP contribution is 1.70. The molecule has 0 aliphatic rings. The molecule has 3 nitrogen and oxygen atoms in total. The van der Waals surface area contributed by atoms with E-state index >= 15 is 0 Å². The number of amidine groups is 1. The van der Waals surface area contributed by atoms with Crippen LogP contribution in [0, 0.1) is 5.41 Å². The lowest BCUT2D eigenvalue weighted by atomic mass is 10.7. The lowest BCUT2D eigenvalue weighted by molar-refractivity contribution is 1.48. The van der Waals surface area contributed by atoms with Crippen LogP contribution in [-0.4, -0.2) is 18.9 Å². The molecule has 7 heavy (non-hydrogen) atoms. The highest BCUT2D eigenvalue weighted by atomic mass is 14.9. The lowest BCUT2D eigenvalue weighted by Gasteiger charge is -1.78. The molecule has 0 aromatic heterocycles. The number of nitrogens with zero attached hydrogens (tertiary/aromatic N) is 2. The maximum absolute atomic E-state index is 6.44. The van der Waals surface area contributed by atoms with Crippen molar-refractivity contribution in [3.8, 4) is 0 Å². The quantitative estimate of drug-likeness (QED) is 0.370. The average molecular weight is 97.1 g/mol. The Labute approximate surface area is 42.3 Å². The van der Waals surface area contributed by atoms with Crippen LogP contribution in [0.5, 0.6) is 0 Å². The SMILES string of the molecule is C=NC(C)=NC=N. The topological polar surface area (TPSA) is 48.6 Å². The van der Waals surface area contributed by atoms with Crippen molar-refractivity contribution in [2.75, 3.05) is 0 Å². The van der Waals surface area contributed by atoms with Crippen LogP contribution in [0.1, 0.15) is 6.92 Å². The molecule has 1 N–H and O–H groups in total. The van der Waals surface area contributed by atoms with Crippen molar-refractivity contribution < 1.29 is 0 Å². The van der Waals surface area contributed by atoms with E-state index < -0.39 is 0 Å². The van der Waals surface area contributed by atoms with E-state index in [1.165, 1.54) is 0 Å². The van der Waals surface area contributed by atoms with Gasteiger partial charge in [0.2, 0.25) is 0 Å². The number of hydrogen-bond acceptors (Lipinski definition) is 1. The van der Waals surface area contributed by atoms with Gasteiger partial charge in [0.05, 0.1) is 0 Å². The standard InChI is InChI=1S/C4H7N3/c1-4(6-2)7-3-5/h3,5H,2H2,1H3. The molecule has 0 saturated carbocycles. The van der Waals surface area contributed by atoms with Gasteiger partial charge in [-0.05, 0) is 13.6 Å². The highest BCUT2D eigenvalue weighted by molar-refractivity contribution is 5.89. The van der Waals surface area contributed by atoms with Crippen LogP contribution in [0.2, 0.25) is 0 Å². The van der Waals surface area contributed by atoms with Crippen LogP contribution < -0.4 is 0 Å². The molecular formula is C4H7N3. The first-order valence-corrected chi connectivity index (χ1v) is 1.81. The Hall–Kier alpha value is -0.990. The summed E-state index contributed by atoms with van der Waals surface area (Å²) in [7, 11) is 0. The van der Waals surface area contributed by atoms with Gasteiger partial charge in [-0.1, -0.05) is 0 Å². The monoisotopic (exact) mass is 97.1 g/mol. The van der Waals surface area contributed by atoms with Gasteiger partial charge in [0.25, 0.3) is 0 Å². The fourth-order valence-electron chi connectivity index (χ4n) is 0.134. The Bertz CT molecular complexity index is 104. The minimum Gasteiger partial charge on any atom is -0.289 e. The van der Waals surface area contributed by atoms with E-state index in [1.54, 1.807) is 6.92 Å². The van der Waals surface area contributed by atoms with E-state index in [2.05, 4.69) is 16.7 Å². The van der Waals surface area contributed by atoms with E-state index in [0.717, 1.165) is 6.34 Å². The number of hydrogen-bond donors (Lipinski definition) is 1. The van der Waals surface area contributed by atoms with Crippen molar-refractivity contribution in [3.63, 3.8) is 0 Å². The van der Waals surface area contributed by atoms with Crippen molar-refractivity contribution in [2.45, 2.75) is 6.92 Å². The molecule has 0 rings (SSSR count). The largest absolute Gasteiger partial charge is 0.289 e. The van der Waals surface area contributed by atoms with Gasteiger partial charge < -0.3 is 0 Å². The zero-order chi connectivity index (χ0) is 5.70. The van der Waals surface area contributed by atoms with E-state index in [1.807, 2.05) is 0 Å². The minimum absolute atomic E-state index is 0.523. The fraction of sp³-hybridized carbons (Fsp3) is 0.250. The van der Waals surface area contributed by atoms with Crippen molar-refractivity contribution in [1.29, 1.82) is 5.41 Å². The Morgan fingerprint density at radius 3 is 2.57 bits per heavy atom. The van der Waals surface area contributed by atoms with Gasteiger partial charge in [0.15, 0.2) is 0 Å². The molecule has 0 fully saturated rings. The number of rotatable bonds is 1. The van der Waals surface area contributed by atoms with Crippen LogP contribution in [-0.2, 0) is 0 Å². The van der Waals surface area contributed by atoms with Gasteiger partial charge in [0, 0.05) is 0 Å². The third kappa shape index (κ3) is 2.82. The van der Waals surface area contributed by atoms with Crippen LogP contribution >= 0.6 is 0 Å². The first kappa shape index (κ1) is 6.01. The summed E-state index contributed by atoms with van der Waals surface area (Å²) in [6, 6.07) is 0. The number of nitrogens with one attached hydrogen (secondary N) is 1.